The second-order valence-electron chi connectivity index (χ2n) is 7.10. The fraction of sp³-hybridized carbons (Fsp3) is 0.0800. The molecule has 5 aromatic rings. The Bertz CT molecular complexity index is 1430. The van der Waals surface area contributed by atoms with Gasteiger partial charge in [0.25, 0.3) is 0 Å². The Kier molecular flexibility index (Phi) is 5.21. The van der Waals surface area contributed by atoms with Gasteiger partial charge in [-0.05, 0) is 67.6 Å². The molecule has 32 heavy (non-hydrogen) atoms. The lowest BCUT2D eigenvalue weighted by atomic mass is 10.2. The smallest absolute Gasteiger partial charge is 0.338 e. The molecule has 0 bridgehead atoms. The van der Waals surface area contributed by atoms with Crippen LogP contribution in [0.5, 0.6) is 0 Å². The number of carbonyl (C=O) groups excluding carboxylic acids is 1. The Morgan fingerprint density at radius 3 is 2.50 bits per heavy atom. The van der Waals surface area contributed by atoms with E-state index in [2.05, 4.69) is 5.32 Å². The van der Waals surface area contributed by atoms with Gasteiger partial charge in [0.2, 0.25) is 0 Å². The SMILES string of the molecule is CCOC(=O)c1ccc(Nc2nc(-c3ccc(Cl)cc3)nc3c2oc2ccccc23)cc1. The number of fused-ring (bicyclic) bond motifs is 3. The van der Waals surface area contributed by atoms with E-state index in [1.54, 1.807) is 43.3 Å². The third-order valence-electron chi connectivity index (χ3n) is 4.98. The van der Waals surface area contributed by atoms with Crippen LogP contribution in [0.3, 0.4) is 0 Å². The number of benzene rings is 3. The maximum atomic E-state index is 11.9. The minimum atomic E-state index is -0.356. The third-order valence-corrected chi connectivity index (χ3v) is 5.23. The zero-order valence-corrected chi connectivity index (χ0v) is 17.9. The molecule has 158 valence electrons. The van der Waals surface area contributed by atoms with E-state index in [1.165, 1.54) is 0 Å². The highest BCUT2D eigenvalue weighted by Crippen LogP contribution is 2.34. The van der Waals surface area contributed by atoms with Gasteiger partial charge in [0, 0.05) is 21.7 Å². The Balaban J connectivity index is 1.61. The fourth-order valence-corrected chi connectivity index (χ4v) is 3.57. The number of anilines is 2. The molecule has 0 aliphatic heterocycles. The molecule has 7 heteroatoms. The molecule has 0 amide bonds. The van der Waals surface area contributed by atoms with Crippen LogP contribution in [-0.4, -0.2) is 22.5 Å². The summed E-state index contributed by atoms with van der Waals surface area (Å²) < 4.78 is 11.1. The van der Waals surface area contributed by atoms with E-state index >= 15 is 0 Å². The third kappa shape index (κ3) is 3.76. The molecule has 2 heterocycles. The Morgan fingerprint density at radius 1 is 1.00 bits per heavy atom. The van der Waals surface area contributed by atoms with Crippen molar-refractivity contribution < 1.29 is 13.9 Å². The highest BCUT2D eigenvalue weighted by atomic mass is 35.5. The summed E-state index contributed by atoms with van der Waals surface area (Å²) in [5.41, 5.74) is 4.06. The lowest BCUT2D eigenvalue weighted by Gasteiger charge is -2.09. The summed E-state index contributed by atoms with van der Waals surface area (Å²) in [5, 5.41) is 4.85. The van der Waals surface area contributed by atoms with E-state index in [9.17, 15) is 4.79 Å². The van der Waals surface area contributed by atoms with Crippen molar-refractivity contribution >= 4 is 51.1 Å². The number of aromatic nitrogens is 2. The molecular weight excluding hydrogens is 426 g/mol. The lowest BCUT2D eigenvalue weighted by Crippen LogP contribution is -2.04. The molecular formula is C25H18ClN3O3. The predicted molar refractivity (Wildman–Crippen MR) is 125 cm³/mol. The van der Waals surface area contributed by atoms with Crippen LogP contribution < -0.4 is 5.32 Å². The summed E-state index contributed by atoms with van der Waals surface area (Å²) in [6.45, 7) is 2.11. The summed E-state index contributed by atoms with van der Waals surface area (Å²) in [6, 6.07) is 22.1. The number of hydrogen-bond acceptors (Lipinski definition) is 6. The first-order chi connectivity index (χ1) is 15.6. The fourth-order valence-electron chi connectivity index (χ4n) is 3.44. The minimum absolute atomic E-state index is 0.331. The zero-order valence-electron chi connectivity index (χ0n) is 17.1. The van der Waals surface area contributed by atoms with E-state index in [-0.39, 0.29) is 5.97 Å². The number of esters is 1. The molecule has 2 aromatic heterocycles. The highest BCUT2D eigenvalue weighted by Gasteiger charge is 2.17. The Labute approximate surface area is 188 Å². The molecule has 1 N–H and O–H groups in total. The van der Waals surface area contributed by atoms with E-state index in [4.69, 9.17) is 30.7 Å². The summed E-state index contributed by atoms with van der Waals surface area (Å²) in [7, 11) is 0. The predicted octanol–water partition coefficient (Wildman–Crippen LogP) is 6.62. The second-order valence-corrected chi connectivity index (χ2v) is 7.54. The van der Waals surface area contributed by atoms with Crippen molar-refractivity contribution in [2.24, 2.45) is 0 Å². The van der Waals surface area contributed by atoms with Gasteiger partial charge < -0.3 is 14.5 Å². The first kappa shape index (κ1) is 20.0. The van der Waals surface area contributed by atoms with E-state index in [0.29, 0.717) is 39.9 Å². The van der Waals surface area contributed by atoms with Gasteiger partial charge in [0.05, 0.1) is 12.2 Å². The number of halogens is 1. The van der Waals surface area contributed by atoms with Gasteiger partial charge in [0.1, 0.15) is 11.1 Å². The molecule has 0 unspecified atom stereocenters. The summed E-state index contributed by atoms with van der Waals surface area (Å²) in [5.74, 6) is 0.720. The van der Waals surface area contributed by atoms with Gasteiger partial charge in [-0.15, -0.1) is 0 Å². The molecule has 6 nitrogen and oxygen atoms in total. The van der Waals surface area contributed by atoms with Crippen molar-refractivity contribution in [2.45, 2.75) is 6.92 Å². The number of hydrogen-bond donors (Lipinski definition) is 1. The van der Waals surface area contributed by atoms with Gasteiger partial charge in [-0.2, -0.15) is 0 Å². The van der Waals surface area contributed by atoms with E-state index in [0.717, 1.165) is 22.2 Å². The molecule has 0 aliphatic rings. The average molecular weight is 444 g/mol. The molecule has 5 rings (SSSR count). The van der Waals surface area contributed by atoms with Gasteiger partial charge in [-0.25, -0.2) is 14.8 Å². The van der Waals surface area contributed by atoms with Crippen LogP contribution in [0.1, 0.15) is 17.3 Å². The summed E-state index contributed by atoms with van der Waals surface area (Å²) >= 11 is 6.05. The largest absolute Gasteiger partial charge is 0.462 e. The van der Waals surface area contributed by atoms with Crippen LogP contribution in [0.4, 0.5) is 11.5 Å². The minimum Gasteiger partial charge on any atom is -0.462 e. The van der Waals surface area contributed by atoms with Crippen molar-refractivity contribution in [3.8, 4) is 11.4 Å². The van der Waals surface area contributed by atoms with E-state index < -0.39 is 0 Å². The average Bonchev–Trinajstić information content (AvgIpc) is 3.19. The topological polar surface area (TPSA) is 77.2 Å². The molecule has 0 saturated carbocycles. The Morgan fingerprint density at radius 2 is 1.75 bits per heavy atom. The molecule has 0 atom stereocenters. The van der Waals surface area contributed by atoms with Crippen LogP contribution in [-0.2, 0) is 4.74 Å². The van der Waals surface area contributed by atoms with Crippen molar-refractivity contribution in [2.75, 3.05) is 11.9 Å². The van der Waals surface area contributed by atoms with E-state index in [1.807, 2.05) is 36.4 Å². The summed E-state index contributed by atoms with van der Waals surface area (Å²) in [6.07, 6.45) is 0. The van der Waals surface area contributed by atoms with Crippen LogP contribution in [0.2, 0.25) is 5.02 Å². The maximum Gasteiger partial charge on any atom is 0.338 e. The first-order valence-corrected chi connectivity index (χ1v) is 10.5. The number of furan rings is 1. The van der Waals surface area contributed by atoms with Gasteiger partial charge in [-0.3, -0.25) is 0 Å². The number of rotatable bonds is 5. The zero-order chi connectivity index (χ0) is 22.1. The molecule has 0 aliphatic carbocycles. The lowest BCUT2D eigenvalue weighted by molar-refractivity contribution is 0.0526. The first-order valence-electron chi connectivity index (χ1n) is 10.1. The van der Waals surface area contributed by atoms with Crippen molar-refractivity contribution in [1.82, 2.24) is 9.97 Å². The quantitative estimate of drug-likeness (QED) is 0.308. The number of ether oxygens (including phenoxy) is 1. The van der Waals surface area contributed by atoms with Gasteiger partial charge >= 0.3 is 5.97 Å². The van der Waals surface area contributed by atoms with Crippen LogP contribution >= 0.6 is 11.6 Å². The molecule has 0 spiro atoms. The molecule has 0 saturated heterocycles. The molecule has 0 radical (unpaired) electrons. The maximum absolute atomic E-state index is 11.9. The number of para-hydroxylation sites is 1. The molecule has 3 aromatic carbocycles. The van der Waals surface area contributed by atoms with Crippen LogP contribution in [0.25, 0.3) is 33.5 Å². The van der Waals surface area contributed by atoms with Gasteiger partial charge in [0.15, 0.2) is 17.2 Å². The highest BCUT2D eigenvalue weighted by molar-refractivity contribution is 6.30. The Hall–Kier alpha value is -3.90. The number of nitrogens with one attached hydrogen (secondary N) is 1. The second kappa shape index (κ2) is 8.32. The van der Waals surface area contributed by atoms with Crippen molar-refractivity contribution in [1.29, 1.82) is 0 Å². The van der Waals surface area contributed by atoms with Crippen LogP contribution in [0.15, 0.2) is 77.2 Å². The molecule has 0 fully saturated rings. The number of nitrogens with zero attached hydrogens (tertiary/aromatic N) is 2. The summed E-state index contributed by atoms with van der Waals surface area (Å²) in [4.78, 5) is 21.4. The van der Waals surface area contributed by atoms with Crippen molar-refractivity contribution in [3.63, 3.8) is 0 Å². The van der Waals surface area contributed by atoms with Crippen LogP contribution in [0, 0.1) is 0 Å². The standard InChI is InChI=1S/C25H18ClN3O3/c1-2-31-25(30)16-9-13-18(14-10-16)27-24-22-21(19-5-3-4-6-20(19)32-22)28-23(29-24)15-7-11-17(26)12-8-15/h3-14H,2H2,1H3,(H,27,28,29). The van der Waals surface area contributed by atoms with Crippen molar-refractivity contribution in [3.05, 3.63) is 83.4 Å². The monoisotopic (exact) mass is 443 g/mol. The van der Waals surface area contributed by atoms with Gasteiger partial charge in [-0.1, -0.05) is 23.7 Å². The normalized spacial score (nSPS) is 11.1. The number of carbonyl (C=O) groups is 1.